The number of nitrogens with zero attached hydrogens (tertiary/aromatic N) is 2. The molecule has 0 unspecified atom stereocenters. The van der Waals surface area contributed by atoms with E-state index in [1.165, 1.54) is 25.6 Å². The van der Waals surface area contributed by atoms with Crippen molar-refractivity contribution in [3.63, 3.8) is 0 Å². The van der Waals surface area contributed by atoms with Gasteiger partial charge in [-0.3, -0.25) is 4.79 Å². The molecule has 0 saturated heterocycles. The van der Waals surface area contributed by atoms with E-state index in [0.717, 1.165) is 9.56 Å². The van der Waals surface area contributed by atoms with Crippen molar-refractivity contribution in [1.29, 1.82) is 0 Å². The number of anilines is 1. The highest BCUT2D eigenvalue weighted by Gasteiger charge is 2.14. The van der Waals surface area contributed by atoms with Gasteiger partial charge >= 0.3 is 5.76 Å². The molecule has 0 radical (unpaired) electrons. The van der Waals surface area contributed by atoms with E-state index in [1.807, 2.05) is 11.4 Å². The van der Waals surface area contributed by atoms with Crippen LogP contribution in [0, 0.1) is 0 Å². The third-order valence-electron chi connectivity index (χ3n) is 3.30. The maximum atomic E-state index is 12.2. The maximum absolute atomic E-state index is 12.2. The predicted molar refractivity (Wildman–Crippen MR) is 92.3 cm³/mol. The molecule has 130 valence electrons. The van der Waals surface area contributed by atoms with E-state index < -0.39 is 11.7 Å². The van der Waals surface area contributed by atoms with Crippen molar-refractivity contribution in [2.75, 3.05) is 19.5 Å². The minimum atomic E-state index is -0.689. The second-order valence-corrected chi connectivity index (χ2v) is 5.87. The van der Waals surface area contributed by atoms with Crippen LogP contribution in [0.5, 0.6) is 11.5 Å². The van der Waals surface area contributed by atoms with Crippen LogP contribution >= 0.6 is 11.3 Å². The third-order valence-corrected chi connectivity index (χ3v) is 4.16. The van der Waals surface area contributed by atoms with Gasteiger partial charge in [0, 0.05) is 11.8 Å². The van der Waals surface area contributed by atoms with Crippen molar-refractivity contribution < 1.29 is 18.7 Å². The quantitative estimate of drug-likeness (QED) is 0.723. The van der Waals surface area contributed by atoms with Crippen LogP contribution in [-0.4, -0.2) is 29.9 Å². The van der Waals surface area contributed by atoms with Gasteiger partial charge in [0.05, 0.1) is 19.1 Å². The Balaban J connectivity index is 1.72. The molecule has 0 atom stereocenters. The van der Waals surface area contributed by atoms with Gasteiger partial charge in [-0.05, 0) is 23.6 Å². The molecule has 3 aromatic rings. The number of carbonyl (C=O) groups is 1. The normalized spacial score (nSPS) is 10.5. The van der Waals surface area contributed by atoms with Crippen molar-refractivity contribution >= 4 is 22.9 Å². The molecule has 0 aliphatic carbocycles. The first-order chi connectivity index (χ1) is 12.1. The number of aromatic nitrogens is 2. The molecule has 3 rings (SSSR count). The average Bonchev–Trinajstić information content (AvgIpc) is 3.25. The van der Waals surface area contributed by atoms with Gasteiger partial charge in [-0.2, -0.15) is 4.68 Å². The molecule has 2 aromatic heterocycles. The molecule has 9 heteroatoms. The highest BCUT2D eigenvalue weighted by molar-refractivity contribution is 7.13. The number of hydrogen-bond acceptors (Lipinski definition) is 7. The zero-order valence-electron chi connectivity index (χ0n) is 13.5. The summed E-state index contributed by atoms with van der Waals surface area (Å²) >= 11 is 1.39. The first kappa shape index (κ1) is 16.8. The van der Waals surface area contributed by atoms with Gasteiger partial charge in [0.2, 0.25) is 5.91 Å². The van der Waals surface area contributed by atoms with Crippen LogP contribution in [0.15, 0.2) is 44.9 Å². The Morgan fingerprint density at radius 3 is 2.76 bits per heavy atom. The molecule has 1 N–H and O–H groups in total. The van der Waals surface area contributed by atoms with Gasteiger partial charge in [0.25, 0.3) is 5.89 Å². The van der Waals surface area contributed by atoms with Crippen LogP contribution < -0.4 is 20.5 Å². The smallest absolute Gasteiger partial charge is 0.437 e. The zero-order valence-corrected chi connectivity index (χ0v) is 14.3. The highest BCUT2D eigenvalue weighted by Crippen LogP contribution is 2.29. The number of rotatable bonds is 6. The fourth-order valence-electron chi connectivity index (χ4n) is 2.16. The van der Waals surface area contributed by atoms with E-state index >= 15 is 0 Å². The lowest BCUT2D eigenvalue weighted by atomic mass is 10.2. The SMILES string of the molecule is COc1ccc(NC(=O)Cn2nc(-c3cccs3)oc2=O)cc1OC. The fourth-order valence-corrected chi connectivity index (χ4v) is 2.80. The van der Waals surface area contributed by atoms with Crippen LogP contribution in [0.4, 0.5) is 5.69 Å². The summed E-state index contributed by atoms with van der Waals surface area (Å²) in [6.07, 6.45) is 0. The van der Waals surface area contributed by atoms with Crippen molar-refractivity contribution in [2.45, 2.75) is 6.54 Å². The molecule has 1 amide bonds. The summed E-state index contributed by atoms with van der Waals surface area (Å²) in [6, 6.07) is 8.57. The molecule has 2 heterocycles. The molecule has 0 bridgehead atoms. The molecule has 0 aliphatic rings. The number of benzene rings is 1. The van der Waals surface area contributed by atoms with Crippen LogP contribution in [-0.2, 0) is 11.3 Å². The van der Waals surface area contributed by atoms with Crippen molar-refractivity contribution in [1.82, 2.24) is 9.78 Å². The first-order valence-corrected chi connectivity index (χ1v) is 8.12. The predicted octanol–water partition coefficient (Wildman–Crippen LogP) is 2.22. The van der Waals surface area contributed by atoms with Gasteiger partial charge < -0.3 is 19.2 Å². The molecule has 0 saturated carbocycles. The van der Waals surface area contributed by atoms with Crippen LogP contribution in [0.3, 0.4) is 0 Å². The lowest BCUT2D eigenvalue weighted by Gasteiger charge is -2.10. The van der Waals surface area contributed by atoms with E-state index in [1.54, 1.807) is 24.3 Å². The summed E-state index contributed by atoms with van der Waals surface area (Å²) in [7, 11) is 3.03. The number of ether oxygens (including phenoxy) is 2. The summed E-state index contributed by atoms with van der Waals surface area (Å²) in [5.41, 5.74) is 0.512. The number of nitrogens with one attached hydrogen (secondary N) is 1. The van der Waals surface area contributed by atoms with E-state index in [-0.39, 0.29) is 12.4 Å². The van der Waals surface area contributed by atoms with E-state index in [9.17, 15) is 9.59 Å². The summed E-state index contributed by atoms with van der Waals surface area (Å²) in [5, 5.41) is 8.56. The van der Waals surface area contributed by atoms with Crippen molar-refractivity contribution in [3.05, 3.63) is 46.3 Å². The summed E-state index contributed by atoms with van der Waals surface area (Å²) in [5.74, 6) is 0.123. The van der Waals surface area contributed by atoms with Crippen molar-refractivity contribution in [3.8, 4) is 22.3 Å². The number of carbonyl (C=O) groups excluding carboxylic acids is 1. The number of thiophene rings is 1. The van der Waals surface area contributed by atoms with Gasteiger partial charge in [0.15, 0.2) is 11.5 Å². The monoisotopic (exact) mass is 361 g/mol. The second-order valence-electron chi connectivity index (χ2n) is 4.93. The van der Waals surface area contributed by atoms with Crippen LogP contribution in [0.25, 0.3) is 10.8 Å². The largest absolute Gasteiger partial charge is 0.493 e. The molecule has 0 spiro atoms. The Hall–Kier alpha value is -3.07. The van der Waals surface area contributed by atoms with Gasteiger partial charge in [-0.15, -0.1) is 16.4 Å². The Bertz CT molecular complexity index is 930. The summed E-state index contributed by atoms with van der Waals surface area (Å²) in [6.45, 7) is -0.262. The lowest BCUT2D eigenvalue weighted by molar-refractivity contribution is -0.117. The van der Waals surface area contributed by atoms with E-state index in [0.29, 0.717) is 17.2 Å². The number of hydrogen-bond donors (Lipinski definition) is 1. The zero-order chi connectivity index (χ0) is 17.8. The van der Waals surface area contributed by atoms with Crippen LogP contribution in [0.1, 0.15) is 0 Å². The topological polar surface area (TPSA) is 95.6 Å². The van der Waals surface area contributed by atoms with E-state index in [2.05, 4.69) is 10.4 Å². The average molecular weight is 361 g/mol. The first-order valence-electron chi connectivity index (χ1n) is 7.24. The molecular formula is C16H15N3O5S. The van der Waals surface area contributed by atoms with Gasteiger partial charge in [-0.25, -0.2) is 4.79 Å². The van der Waals surface area contributed by atoms with Crippen molar-refractivity contribution in [2.24, 2.45) is 0 Å². The molecule has 8 nitrogen and oxygen atoms in total. The third kappa shape index (κ3) is 3.72. The standard InChI is InChI=1S/C16H15N3O5S/c1-22-11-6-5-10(8-12(11)23-2)17-14(20)9-19-16(21)24-15(18-19)13-4-3-7-25-13/h3-8H,9H2,1-2H3,(H,17,20). The Kier molecular flexibility index (Phi) is 4.85. The summed E-state index contributed by atoms with van der Waals surface area (Å²) < 4.78 is 16.4. The molecule has 0 aliphatic heterocycles. The van der Waals surface area contributed by atoms with Gasteiger partial charge in [-0.1, -0.05) is 6.07 Å². The maximum Gasteiger partial charge on any atom is 0.437 e. The van der Waals surface area contributed by atoms with Gasteiger partial charge in [0.1, 0.15) is 6.54 Å². The highest BCUT2D eigenvalue weighted by atomic mass is 32.1. The Morgan fingerprint density at radius 2 is 2.08 bits per heavy atom. The molecule has 0 fully saturated rings. The number of amides is 1. The number of methoxy groups -OCH3 is 2. The minimum Gasteiger partial charge on any atom is -0.493 e. The molecule has 25 heavy (non-hydrogen) atoms. The molecular weight excluding hydrogens is 346 g/mol. The van der Waals surface area contributed by atoms with E-state index in [4.69, 9.17) is 13.9 Å². The fraction of sp³-hybridized carbons (Fsp3) is 0.188. The molecule has 1 aromatic carbocycles. The second kappa shape index (κ2) is 7.22. The Labute approximate surface area is 146 Å². The summed E-state index contributed by atoms with van der Waals surface area (Å²) in [4.78, 5) is 24.7. The van der Waals surface area contributed by atoms with Crippen LogP contribution in [0.2, 0.25) is 0 Å². The Morgan fingerprint density at radius 1 is 1.28 bits per heavy atom. The minimum absolute atomic E-state index is 0.193. The lowest BCUT2D eigenvalue weighted by Crippen LogP contribution is -2.25.